The summed E-state index contributed by atoms with van der Waals surface area (Å²) in [5.74, 6) is 0.772. The summed E-state index contributed by atoms with van der Waals surface area (Å²) in [6.07, 6.45) is 4.48. The zero-order chi connectivity index (χ0) is 11.4. The fourth-order valence-corrected chi connectivity index (χ4v) is 2.33. The Hall–Kier alpha value is -0.800. The molecule has 3 heteroatoms. The second-order valence-corrected chi connectivity index (χ2v) is 4.73. The standard InChI is InChI=1S/C13H22N2O/c1-11(12-5-8-16-9-6-12)14-10-13-4-3-7-15(13)2/h3-4,7,11-12,14H,5-6,8-10H2,1-2H3. The molecule has 90 valence electrons. The van der Waals surface area contributed by atoms with E-state index >= 15 is 0 Å². The van der Waals surface area contributed by atoms with Crippen molar-refractivity contribution in [1.82, 2.24) is 9.88 Å². The number of aromatic nitrogens is 1. The van der Waals surface area contributed by atoms with Gasteiger partial charge in [0, 0.05) is 44.7 Å². The molecule has 1 atom stereocenters. The van der Waals surface area contributed by atoms with Crippen LogP contribution in [-0.2, 0) is 18.3 Å². The molecule has 1 aliphatic heterocycles. The molecule has 1 fully saturated rings. The first-order valence-electron chi connectivity index (χ1n) is 6.18. The highest BCUT2D eigenvalue weighted by Gasteiger charge is 2.19. The third-order valence-electron chi connectivity index (χ3n) is 3.63. The van der Waals surface area contributed by atoms with Crippen LogP contribution in [0.4, 0.5) is 0 Å². The molecule has 1 saturated heterocycles. The second kappa shape index (κ2) is 5.51. The van der Waals surface area contributed by atoms with Gasteiger partial charge in [-0.3, -0.25) is 0 Å². The van der Waals surface area contributed by atoms with Crippen molar-refractivity contribution in [2.45, 2.75) is 32.4 Å². The van der Waals surface area contributed by atoms with Gasteiger partial charge in [-0.25, -0.2) is 0 Å². The number of hydrogen-bond acceptors (Lipinski definition) is 2. The number of ether oxygens (including phenoxy) is 1. The van der Waals surface area contributed by atoms with Crippen molar-refractivity contribution in [2.75, 3.05) is 13.2 Å². The van der Waals surface area contributed by atoms with Crippen molar-refractivity contribution < 1.29 is 4.74 Å². The van der Waals surface area contributed by atoms with Gasteiger partial charge in [0.15, 0.2) is 0 Å². The Balaban J connectivity index is 1.78. The van der Waals surface area contributed by atoms with Gasteiger partial charge in [-0.2, -0.15) is 0 Å². The van der Waals surface area contributed by atoms with Gasteiger partial charge in [-0.05, 0) is 37.8 Å². The van der Waals surface area contributed by atoms with Crippen LogP contribution in [0, 0.1) is 5.92 Å². The number of aryl methyl sites for hydroxylation is 1. The summed E-state index contributed by atoms with van der Waals surface area (Å²) >= 11 is 0. The Bertz CT molecular complexity index is 315. The van der Waals surface area contributed by atoms with Gasteiger partial charge >= 0.3 is 0 Å². The summed E-state index contributed by atoms with van der Waals surface area (Å²) in [5, 5.41) is 3.62. The summed E-state index contributed by atoms with van der Waals surface area (Å²) in [6, 6.07) is 4.85. The van der Waals surface area contributed by atoms with Crippen LogP contribution in [0.3, 0.4) is 0 Å². The van der Waals surface area contributed by atoms with E-state index in [0.29, 0.717) is 6.04 Å². The predicted octanol–water partition coefficient (Wildman–Crippen LogP) is 1.93. The minimum absolute atomic E-state index is 0.582. The number of rotatable bonds is 4. The van der Waals surface area contributed by atoms with Gasteiger partial charge in [-0.1, -0.05) is 0 Å². The van der Waals surface area contributed by atoms with Crippen LogP contribution in [-0.4, -0.2) is 23.8 Å². The second-order valence-electron chi connectivity index (χ2n) is 4.73. The van der Waals surface area contributed by atoms with Crippen molar-refractivity contribution in [3.8, 4) is 0 Å². The molecule has 1 unspecified atom stereocenters. The van der Waals surface area contributed by atoms with Crippen molar-refractivity contribution in [2.24, 2.45) is 13.0 Å². The minimum Gasteiger partial charge on any atom is -0.381 e. The van der Waals surface area contributed by atoms with Crippen LogP contribution in [0.1, 0.15) is 25.5 Å². The maximum atomic E-state index is 5.39. The van der Waals surface area contributed by atoms with Gasteiger partial charge in [0.05, 0.1) is 0 Å². The first kappa shape index (κ1) is 11.7. The third-order valence-corrected chi connectivity index (χ3v) is 3.63. The van der Waals surface area contributed by atoms with E-state index in [9.17, 15) is 0 Å². The van der Waals surface area contributed by atoms with Gasteiger partial charge in [0.1, 0.15) is 0 Å². The summed E-state index contributed by atoms with van der Waals surface area (Å²) in [4.78, 5) is 0. The molecule has 2 rings (SSSR count). The first-order valence-corrected chi connectivity index (χ1v) is 6.18. The first-order chi connectivity index (χ1) is 7.77. The lowest BCUT2D eigenvalue weighted by Crippen LogP contribution is -2.36. The van der Waals surface area contributed by atoms with Gasteiger partial charge in [-0.15, -0.1) is 0 Å². The maximum Gasteiger partial charge on any atom is 0.0469 e. The Morgan fingerprint density at radius 2 is 2.25 bits per heavy atom. The van der Waals surface area contributed by atoms with Crippen molar-refractivity contribution in [3.05, 3.63) is 24.0 Å². The summed E-state index contributed by atoms with van der Waals surface area (Å²) < 4.78 is 7.56. The van der Waals surface area contributed by atoms with Crippen molar-refractivity contribution >= 4 is 0 Å². The molecule has 1 aromatic heterocycles. The van der Waals surface area contributed by atoms with Crippen LogP contribution in [0.2, 0.25) is 0 Å². The fraction of sp³-hybridized carbons (Fsp3) is 0.692. The van der Waals surface area contributed by atoms with E-state index in [-0.39, 0.29) is 0 Å². The Labute approximate surface area is 97.8 Å². The summed E-state index contributed by atoms with van der Waals surface area (Å²) in [6.45, 7) is 5.11. The molecule has 0 aromatic carbocycles. The molecule has 0 aliphatic carbocycles. The average molecular weight is 222 g/mol. The van der Waals surface area contributed by atoms with Gasteiger partial charge in [0.25, 0.3) is 0 Å². The molecular weight excluding hydrogens is 200 g/mol. The van der Waals surface area contributed by atoms with Crippen LogP contribution in [0.25, 0.3) is 0 Å². The third kappa shape index (κ3) is 2.86. The molecule has 0 spiro atoms. The monoisotopic (exact) mass is 222 g/mol. The lowest BCUT2D eigenvalue weighted by Gasteiger charge is -2.28. The normalized spacial score (nSPS) is 19.9. The van der Waals surface area contributed by atoms with Crippen LogP contribution in [0.5, 0.6) is 0 Å². The highest BCUT2D eigenvalue weighted by atomic mass is 16.5. The Morgan fingerprint density at radius 1 is 1.50 bits per heavy atom. The SMILES string of the molecule is CC(NCc1cccn1C)C1CCOCC1. The highest BCUT2D eigenvalue weighted by Crippen LogP contribution is 2.18. The maximum absolute atomic E-state index is 5.39. The molecule has 16 heavy (non-hydrogen) atoms. The smallest absolute Gasteiger partial charge is 0.0469 e. The Morgan fingerprint density at radius 3 is 2.88 bits per heavy atom. The van der Waals surface area contributed by atoms with E-state index in [0.717, 1.165) is 25.7 Å². The molecule has 1 N–H and O–H groups in total. The van der Waals surface area contributed by atoms with Crippen LogP contribution in [0.15, 0.2) is 18.3 Å². The van der Waals surface area contributed by atoms with Crippen LogP contribution < -0.4 is 5.32 Å². The quantitative estimate of drug-likeness (QED) is 0.842. The zero-order valence-electron chi connectivity index (χ0n) is 10.3. The van der Waals surface area contributed by atoms with E-state index in [4.69, 9.17) is 4.74 Å². The minimum atomic E-state index is 0.582. The van der Waals surface area contributed by atoms with Crippen LogP contribution >= 0.6 is 0 Å². The van der Waals surface area contributed by atoms with E-state index in [1.54, 1.807) is 0 Å². The topological polar surface area (TPSA) is 26.2 Å². The molecule has 0 radical (unpaired) electrons. The number of hydrogen-bond donors (Lipinski definition) is 1. The average Bonchev–Trinajstić information content (AvgIpc) is 2.73. The number of nitrogens with zero attached hydrogens (tertiary/aromatic N) is 1. The van der Waals surface area contributed by atoms with Crippen molar-refractivity contribution in [3.63, 3.8) is 0 Å². The summed E-state index contributed by atoms with van der Waals surface area (Å²) in [7, 11) is 2.09. The largest absolute Gasteiger partial charge is 0.381 e. The lowest BCUT2D eigenvalue weighted by atomic mass is 9.93. The highest BCUT2D eigenvalue weighted by molar-refractivity contribution is 5.06. The Kier molecular flexibility index (Phi) is 4.02. The molecular formula is C13H22N2O. The molecule has 0 saturated carbocycles. The molecule has 3 nitrogen and oxygen atoms in total. The van der Waals surface area contributed by atoms with E-state index in [2.05, 4.69) is 42.2 Å². The fourth-order valence-electron chi connectivity index (χ4n) is 2.33. The van der Waals surface area contributed by atoms with E-state index in [1.807, 2.05) is 0 Å². The molecule has 1 aromatic rings. The van der Waals surface area contributed by atoms with E-state index < -0.39 is 0 Å². The lowest BCUT2D eigenvalue weighted by molar-refractivity contribution is 0.0557. The summed E-state index contributed by atoms with van der Waals surface area (Å²) in [5.41, 5.74) is 1.35. The zero-order valence-corrected chi connectivity index (χ0v) is 10.3. The number of nitrogens with one attached hydrogen (secondary N) is 1. The van der Waals surface area contributed by atoms with Gasteiger partial charge in [0.2, 0.25) is 0 Å². The molecule has 0 bridgehead atoms. The van der Waals surface area contributed by atoms with Gasteiger partial charge < -0.3 is 14.6 Å². The molecule has 0 amide bonds. The molecule has 1 aliphatic rings. The molecule has 2 heterocycles. The van der Waals surface area contributed by atoms with E-state index in [1.165, 1.54) is 18.5 Å². The predicted molar refractivity (Wildman–Crippen MR) is 65.3 cm³/mol. The van der Waals surface area contributed by atoms with Crippen molar-refractivity contribution in [1.29, 1.82) is 0 Å².